The number of anilines is 2. The molecule has 0 unspecified atom stereocenters. The molecule has 0 aliphatic carbocycles. The zero-order chi connectivity index (χ0) is 17.9. The molecule has 4 rings (SSSR count). The number of hydrogen-bond donors (Lipinski definition) is 1. The van der Waals surface area contributed by atoms with Gasteiger partial charge in [-0.15, -0.1) is 14.8 Å². The quantitative estimate of drug-likeness (QED) is 0.724. The molecule has 2 aromatic heterocycles. The van der Waals surface area contributed by atoms with Crippen LogP contribution in [0.3, 0.4) is 0 Å². The summed E-state index contributed by atoms with van der Waals surface area (Å²) in [6, 6.07) is 9.46. The zero-order valence-electron chi connectivity index (χ0n) is 13.9. The van der Waals surface area contributed by atoms with Crippen molar-refractivity contribution in [3.05, 3.63) is 42.2 Å². The summed E-state index contributed by atoms with van der Waals surface area (Å²) in [4.78, 5) is 16.3. The van der Waals surface area contributed by atoms with Gasteiger partial charge in [0.25, 0.3) is 0 Å². The van der Waals surface area contributed by atoms with Crippen molar-refractivity contribution in [2.75, 3.05) is 42.9 Å². The number of carbonyl (C=O) groups excluding carboxylic acids is 1. The first kappa shape index (κ1) is 16.3. The number of fused-ring (bicyclic) bond motifs is 1. The van der Waals surface area contributed by atoms with Crippen molar-refractivity contribution in [1.29, 1.82) is 0 Å². The van der Waals surface area contributed by atoms with Crippen molar-refractivity contribution in [3.8, 4) is 0 Å². The second-order valence-corrected chi connectivity index (χ2v) is 6.04. The molecule has 1 aliphatic heterocycles. The van der Waals surface area contributed by atoms with Crippen LogP contribution in [0.1, 0.15) is 0 Å². The van der Waals surface area contributed by atoms with Crippen molar-refractivity contribution in [2.45, 2.75) is 0 Å². The van der Waals surface area contributed by atoms with Gasteiger partial charge in [0.15, 0.2) is 11.5 Å². The number of nitrogens with one attached hydrogen (secondary N) is 1. The van der Waals surface area contributed by atoms with Crippen LogP contribution in [0.4, 0.5) is 15.9 Å². The molecule has 1 amide bonds. The van der Waals surface area contributed by atoms with E-state index < -0.39 is 0 Å². The number of nitrogens with zero attached hydrogens (tertiary/aromatic N) is 7. The van der Waals surface area contributed by atoms with E-state index in [0.717, 1.165) is 32.0 Å². The van der Waals surface area contributed by atoms with Crippen molar-refractivity contribution in [2.24, 2.45) is 0 Å². The Labute approximate surface area is 148 Å². The van der Waals surface area contributed by atoms with Gasteiger partial charge in [-0.25, -0.2) is 4.39 Å². The van der Waals surface area contributed by atoms with Crippen LogP contribution in [-0.2, 0) is 4.79 Å². The van der Waals surface area contributed by atoms with Gasteiger partial charge in [0.05, 0.1) is 6.54 Å². The van der Waals surface area contributed by atoms with Gasteiger partial charge in [-0.2, -0.15) is 0 Å². The number of amides is 1. The Hall–Kier alpha value is -3.14. The van der Waals surface area contributed by atoms with E-state index in [2.05, 4.69) is 35.7 Å². The Morgan fingerprint density at radius 3 is 2.62 bits per heavy atom. The molecule has 134 valence electrons. The topological polar surface area (TPSA) is 91.6 Å². The van der Waals surface area contributed by atoms with Gasteiger partial charge in [-0.05, 0) is 46.8 Å². The molecule has 0 radical (unpaired) electrons. The first-order valence-electron chi connectivity index (χ1n) is 8.25. The summed E-state index contributed by atoms with van der Waals surface area (Å²) >= 11 is 0. The molecule has 1 saturated heterocycles. The summed E-state index contributed by atoms with van der Waals surface area (Å²) in [5.41, 5.74) is 1.19. The summed E-state index contributed by atoms with van der Waals surface area (Å²) in [5, 5.41) is 18.4. The van der Waals surface area contributed by atoms with E-state index in [0.29, 0.717) is 17.9 Å². The fraction of sp³-hybridized carbons (Fsp3) is 0.312. The van der Waals surface area contributed by atoms with Gasteiger partial charge in [-0.3, -0.25) is 9.69 Å². The van der Waals surface area contributed by atoms with Gasteiger partial charge in [-0.1, -0.05) is 0 Å². The Morgan fingerprint density at radius 2 is 1.85 bits per heavy atom. The third-order valence-corrected chi connectivity index (χ3v) is 4.25. The number of rotatable bonds is 4. The SMILES string of the molecule is O=C(CN1CCN(c2ccc3nnnn3n2)CC1)Nc1ccc(F)cc1. The van der Waals surface area contributed by atoms with Crippen molar-refractivity contribution < 1.29 is 9.18 Å². The number of halogens is 1. The molecule has 0 atom stereocenters. The van der Waals surface area contributed by atoms with Crippen LogP contribution in [0.2, 0.25) is 0 Å². The van der Waals surface area contributed by atoms with E-state index >= 15 is 0 Å². The minimum Gasteiger partial charge on any atom is -0.353 e. The van der Waals surface area contributed by atoms with Crippen LogP contribution in [0.15, 0.2) is 36.4 Å². The molecule has 3 heterocycles. The second-order valence-electron chi connectivity index (χ2n) is 6.04. The molecule has 1 fully saturated rings. The fourth-order valence-electron chi connectivity index (χ4n) is 2.88. The summed E-state index contributed by atoms with van der Waals surface area (Å²) < 4.78 is 14.3. The van der Waals surface area contributed by atoms with Gasteiger partial charge in [0.2, 0.25) is 5.91 Å². The standard InChI is InChI=1S/C16H17FN8O/c17-12-1-3-13(4-2-12)18-16(26)11-23-7-9-24(10-8-23)15-6-5-14-19-21-22-25(14)20-15/h1-6H,7-11H2,(H,18,26). The molecule has 3 aromatic rings. The lowest BCUT2D eigenvalue weighted by Gasteiger charge is -2.34. The largest absolute Gasteiger partial charge is 0.353 e. The number of carbonyl (C=O) groups is 1. The maximum absolute atomic E-state index is 12.9. The van der Waals surface area contributed by atoms with Crippen LogP contribution in [0.5, 0.6) is 0 Å². The van der Waals surface area contributed by atoms with E-state index in [1.165, 1.54) is 16.8 Å². The van der Waals surface area contributed by atoms with Gasteiger partial charge in [0, 0.05) is 31.9 Å². The van der Waals surface area contributed by atoms with Crippen LogP contribution >= 0.6 is 0 Å². The first-order chi connectivity index (χ1) is 12.7. The minimum atomic E-state index is -0.326. The maximum atomic E-state index is 12.9. The molecule has 1 aliphatic rings. The lowest BCUT2D eigenvalue weighted by molar-refractivity contribution is -0.117. The lowest BCUT2D eigenvalue weighted by Crippen LogP contribution is -2.49. The van der Waals surface area contributed by atoms with Crippen molar-refractivity contribution in [1.82, 2.24) is 30.2 Å². The Balaban J connectivity index is 1.30. The fourth-order valence-corrected chi connectivity index (χ4v) is 2.88. The van der Waals surface area contributed by atoms with Crippen molar-refractivity contribution in [3.63, 3.8) is 0 Å². The highest BCUT2D eigenvalue weighted by Gasteiger charge is 2.20. The highest BCUT2D eigenvalue weighted by Crippen LogP contribution is 2.14. The summed E-state index contributed by atoms with van der Waals surface area (Å²) in [5.74, 6) is 0.367. The van der Waals surface area contributed by atoms with Crippen LogP contribution < -0.4 is 10.2 Å². The van der Waals surface area contributed by atoms with Crippen LogP contribution in [0, 0.1) is 5.82 Å². The van der Waals surface area contributed by atoms with Crippen molar-refractivity contribution >= 4 is 23.1 Å². The van der Waals surface area contributed by atoms with Crippen LogP contribution in [0.25, 0.3) is 5.65 Å². The van der Waals surface area contributed by atoms with Gasteiger partial charge in [0.1, 0.15) is 5.82 Å². The molecule has 1 N–H and O–H groups in total. The number of hydrogen-bond acceptors (Lipinski definition) is 7. The smallest absolute Gasteiger partial charge is 0.238 e. The lowest BCUT2D eigenvalue weighted by atomic mass is 10.3. The number of aromatic nitrogens is 5. The summed E-state index contributed by atoms with van der Waals surface area (Å²) in [6.45, 7) is 3.29. The molecule has 0 saturated carbocycles. The average molecular weight is 356 g/mol. The predicted octanol–water partition coefficient (Wildman–Crippen LogP) is 0.419. The maximum Gasteiger partial charge on any atom is 0.238 e. The molecule has 26 heavy (non-hydrogen) atoms. The highest BCUT2D eigenvalue weighted by atomic mass is 19.1. The third-order valence-electron chi connectivity index (χ3n) is 4.25. The minimum absolute atomic E-state index is 0.113. The molecule has 0 bridgehead atoms. The number of benzene rings is 1. The van der Waals surface area contributed by atoms with E-state index in [4.69, 9.17) is 0 Å². The number of piperazine rings is 1. The van der Waals surface area contributed by atoms with E-state index in [-0.39, 0.29) is 11.7 Å². The molecule has 1 aromatic carbocycles. The average Bonchev–Trinajstić information content (AvgIpc) is 3.12. The summed E-state index contributed by atoms with van der Waals surface area (Å²) in [6.07, 6.45) is 0. The second kappa shape index (κ2) is 7.00. The zero-order valence-corrected chi connectivity index (χ0v) is 13.9. The Bertz CT molecular complexity index is 904. The molecular formula is C16H17FN8O. The first-order valence-corrected chi connectivity index (χ1v) is 8.25. The van der Waals surface area contributed by atoms with Crippen LogP contribution in [-0.4, -0.2) is 68.8 Å². The molecule has 10 heteroatoms. The van der Waals surface area contributed by atoms with Gasteiger partial charge < -0.3 is 10.2 Å². The van der Waals surface area contributed by atoms with E-state index in [9.17, 15) is 9.18 Å². The molecule has 9 nitrogen and oxygen atoms in total. The Kier molecular flexibility index (Phi) is 4.40. The number of tetrazole rings is 1. The molecular weight excluding hydrogens is 339 g/mol. The normalized spacial score (nSPS) is 15.3. The summed E-state index contributed by atoms with van der Waals surface area (Å²) in [7, 11) is 0. The Morgan fingerprint density at radius 1 is 1.08 bits per heavy atom. The van der Waals surface area contributed by atoms with E-state index in [1.807, 2.05) is 12.1 Å². The monoisotopic (exact) mass is 356 g/mol. The molecule has 0 spiro atoms. The van der Waals surface area contributed by atoms with E-state index in [1.54, 1.807) is 12.1 Å². The third kappa shape index (κ3) is 3.59. The predicted molar refractivity (Wildman–Crippen MR) is 92.3 cm³/mol. The van der Waals surface area contributed by atoms with Gasteiger partial charge >= 0.3 is 0 Å². The highest BCUT2D eigenvalue weighted by molar-refractivity contribution is 5.92.